The van der Waals surface area contributed by atoms with Gasteiger partial charge in [-0.1, -0.05) is 51.7 Å². The summed E-state index contributed by atoms with van der Waals surface area (Å²) in [7, 11) is 1.72. The van der Waals surface area contributed by atoms with Crippen LogP contribution in [-0.4, -0.2) is 26.6 Å². The van der Waals surface area contributed by atoms with Crippen molar-refractivity contribution in [1.29, 1.82) is 0 Å². The van der Waals surface area contributed by atoms with Crippen LogP contribution in [-0.2, 0) is 0 Å². The van der Waals surface area contributed by atoms with Crippen LogP contribution in [0.1, 0.15) is 33.3 Å². The maximum Gasteiger partial charge on any atom is 0.273 e. The van der Waals surface area contributed by atoms with Gasteiger partial charge >= 0.3 is 0 Å². The van der Waals surface area contributed by atoms with Crippen LogP contribution in [0.25, 0.3) is 0 Å². The van der Waals surface area contributed by atoms with Gasteiger partial charge in [-0.25, -0.2) is 0 Å². The van der Waals surface area contributed by atoms with E-state index in [9.17, 15) is 0 Å². The standard InChI is InChI=1S/C8H8NO.2C4H9.CH3.Al/c1-10-8-5-3-2-4-7(8)6-9;2*1-4(2)3;;/h2-6H,1H3;2*4H,1H2,2-3H3;1H3;/q-1;;;;. The number of hydrogen-bond donors (Lipinski definition) is 0. The van der Waals surface area contributed by atoms with Gasteiger partial charge in [-0.2, -0.15) is 16.4 Å². The third kappa shape index (κ3) is 5.69. The fraction of sp³-hybridized carbons (Fsp3) is 0.588. The smallest absolute Gasteiger partial charge is 0.273 e. The average molecular weight is 290 g/mol. The zero-order chi connectivity index (χ0) is 15.2. The van der Waals surface area contributed by atoms with E-state index in [-0.39, 0.29) is 0 Å². The number of nitrogens with zero attached hydrogens (tertiary/aromatic N) is 1. The maximum absolute atomic E-state index is 5.40. The minimum atomic E-state index is -1.90. The molecule has 0 aromatic heterocycles. The van der Waals surface area contributed by atoms with Crippen molar-refractivity contribution in [3.63, 3.8) is 0 Å². The molecular formula is C17H29AlNO-. The Kier molecular flexibility index (Phi) is 6.79. The van der Waals surface area contributed by atoms with E-state index >= 15 is 0 Å². The van der Waals surface area contributed by atoms with E-state index in [2.05, 4.69) is 39.5 Å². The van der Waals surface area contributed by atoms with E-state index in [0.717, 1.165) is 23.1 Å². The molecule has 3 heteroatoms. The molecule has 1 aromatic carbocycles. The second-order valence-electron chi connectivity index (χ2n) is 7.01. The minimum Gasteiger partial charge on any atom is -0.557 e. The Bertz CT molecular complexity index is 430. The normalized spacial score (nSPS) is 12.6. The van der Waals surface area contributed by atoms with Crippen molar-refractivity contribution in [1.82, 2.24) is 0 Å². The van der Waals surface area contributed by atoms with Crippen molar-refractivity contribution in [2.75, 3.05) is 7.11 Å². The summed E-state index contributed by atoms with van der Waals surface area (Å²) in [6.07, 6.45) is 2.05. The summed E-state index contributed by atoms with van der Waals surface area (Å²) in [5.41, 5.74) is 1.09. The summed E-state index contributed by atoms with van der Waals surface area (Å²) in [6, 6.07) is 8.11. The Morgan fingerprint density at radius 2 is 1.65 bits per heavy atom. The van der Waals surface area contributed by atoms with Gasteiger partial charge in [0.1, 0.15) is 5.75 Å². The van der Waals surface area contributed by atoms with Crippen LogP contribution in [0.15, 0.2) is 28.2 Å². The fourth-order valence-corrected chi connectivity index (χ4v) is 8.30. The van der Waals surface area contributed by atoms with Crippen LogP contribution in [0.3, 0.4) is 0 Å². The molecule has 0 aliphatic rings. The van der Waals surface area contributed by atoms with E-state index in [4.69, 9.17) is 8.71 Å². The van der Waals surface area contributed by atoms with E-state index in [0.29, 0.717) is 0 Å². The molecule has 112 valence electrons. The van der Waals surface area contributed by atoms with Crippen LogP contribution in [0.2, 0.25) is 16.4 Å². The van der Waals surface area contributed by atoms with Crippen LogP contribution in [0, 0.1) is 11.8 Å². The SMILES string of the molecule is COc1ccccc1/C=[N]/[Al-]([CH3])([CH2]C(C)C)[CH2]C(C)C. The fourth-order valence-electron chi connectivity index (χ4n) is 3.28. The molecule has 0 saturated carbocycles. The Balaban J connectivity index is 2.96. The molecule has 0 aliphatic carbocycles. The number of ether oxygens (including phenoxy) is 1. The molecule has 1 rings (SSSR count). The number of benzene rings is 1. The van der Waals surface area contributed by atoms with Crippen molar-refractivity contribution in [3.8, 4) is 5.75 Å². The molecule has 0 aliphatic heterocycles. The third-order valence-corrected chi connectivity index (χ3v) is 8.46. The molecule has 0 radical (unpaired) electrons. The van der Waals surface area contributed by atoms with Gasteiger partial charge in [-0.15, -0.1) is 0 Å². The number of methoxy groups -OCH3 is 1. The minimum absolute atomic E-state index is 0.721. The van der Waals surface area contributed by atoms with Crippen LogP contribution < -0.4 is 4.74 Å². The van der Waals surface area contributed by atoms with Crippen molar-refractivity contribution in [3.05, 3.63) is 29.8 Å². The number of rotatable bonds is 7. The van der Waals surface area contributed by atoms with Crippen molar-refractivity contribution in [2.45, 2.75) is 44.0 Å². The van der Waals surface area contributed by atoms with Gasteiger partial charge in [0.25, 0.3) is 13.3 Å². The Morgan fingerprint density at radius 3 is 2.15 bits per heavy atom. The van der Waals surface area contributed by atoms with Gasteiger partial charge in [0.15, 0.2) is 0 Å². The van der Waals surface area contributed by atoms with Gasteiger partial charge < -0.3 is 8.71 Å². The number of hydrogen-bond acceptors (Lipinski definition) is 2. The zero-order valence-electron chi connectivity index (χ0n) is 13.9. The summed E-state index contributed by atoms with van der Waals surface area (Å²) < 4.78 is 10.5. The lowest BCUT2D eigenvalue weighted by molar-refractivity contribution is 0.414. The lowest BCUT2D eigenvalue weighted by Gasteiger charge is -2.31. The topological polar surface area (TPSA) is 21.6 Å². The molecule has 0 spiro atoms. The highest BCUT2D eigenvalue weighted by atomic mass is 27.3. The molecule has 0 amide bonds. The molecule has 0 bridgehead atoms. The average Bonchev–Trinajstić information content (AvgIpc) is 2.34. The van der Waals surface area contributed by atoms with Crippen molar-refractivity contribution in [2.24, 2.45) is 15.8 Å². The first kappa shape index (κ1) is 17.3. The first-order valence-corrected chi connectivity index (χ1v) is 11.1. The van der Waals surface area contributed by atoms with Gasteiger partial charge in [0.2, 0.25) is 0 Å². The molecular weight excluding hydrogens is 261 g/mol. The van der Waals surface area contributed by atoms with Crippen molar-refractivity contribution >= 4 is 19.5 Å². The van der Waals surface area contributed by atoms with Crippen LogP contribution in [0.4, 0.5) is 0 Å². The second kappa shape index (κ2) is 7.86. The molecule has 0 saturated heterocycles. The van der Waals surface area contributed by atoms with Crippen LogP contribution >= 0.6 is 0 Å². The van der Waals surface area contributed by atoms with E-state index < -0.39 is 13.3 Å². The molecule has 1 aromatic rings. The molecule has 0 atom stereocenters. The highest BCUT2D eigenvalue weighted by Crippen LogP contribution is 2.27. The van der Waals surface area contributed by atoms with Gasteiger partial charge in [0.05, 0.1) is 7.11 Å². The third-order valence-electron chi connectivity index (χ3n) is 3.67. The first-order chi connectivity index (χ1) is 9.36. The summed E-state index contributed by atoms with van der Waals surface area (Å²) in [5.74, 6) is 4.78. The molecule has 20 heavy (non-hydrogen) atoms. The summed E-state index contributed by atoms with van der Waals surface area (Å²) in [4.78, 5) is 0. The molecule has 2 nitrogen and oxygen atoms in total. The Morgan fingerprint density at radius 1 is 1.10 bits per heavy atom. The van der Waals surface area contributed by atoms with E-state index in [1.165, 1.54) is 10.6 Å². The highest BCUT2D eigenvalue weighted by Gasteiger charge is 2.25. The first-order valence-electron chi connectivity index (χ1n) is 7.76. The monoisotopic (exact) mass is 290 g/mol. The quantitative estimate of drug-likeness (QED) is 0.511. The van der Waals surface area contributed by atoms with Gasteiger partial charge in [-0.3, -0.25) is 0 Å². The Hall–Kier alpha value is -0.778. The summed E-state index contributed by atoms with van der Waals surface area (Å²) in [6.45, 7) is 9.21. The van der Waals surface area contributed by atoms with E-state index in [1.54, 1.807) is 7.11 Å². The van der Waals surface area contributed by atoms with Gasteiger partial charge in [-0.05, 0) is 18.3 Å². The predicted molar refractivity (Wildman–Crippen MR) is 91.5 cm³/mol. The van der Waals surface area contributed by atoms with E-state index in [1.807, 2.05) is 24.4 Å². The lowest BCUT2D eigenvalue weighted by atomic mass is 10.2. The molecule has 0 N–H and O–H groups in total. The Labute approximate surface area is 127 Å². The molecule has 0 fully saturated rings. The zero-order valence-corrected chi connectivity index (χ0v) is 15.0. The number of para-hydroxylation sites is 1. The molecule has 0 heterocycles. The van der Waals surface area contributed by atoms with Crippen molar-refractivity contribution < 1.29 is 4.74 Å². The van der Waals surface area contributed by atoms with Gasteiger partial charge in [0, 0.05) is 5.56 Å². The summed E-state index contributed by atoms with van der Waals surface area (Å²) >= 11 is -1.90. The highest BCUT2D eigenvalue weighted by molar-refractivity contribution is 6.77. The largest absolute Gasteiger partial charge is 0.557 e. The predicted octanol–water partition coefficient (Wildman–Crippen LogP) is 5.00. The maximum atomic E-state index is 5.40. The molecule has 0 unspecified atom stereocenters. The lowest BCUT2D eigenvalue weighted by Crippen LogP contribution is -2.31. The van der Waals surface area contributed by atoms with Crippen LogP contribution in [0.5, 0.6) is 5.75 Å². The second-order valence-corrected chi connectivity index (χ2v) is 11.7. The summed E-state index contributed by atoms with van der Waals surface area (Å²) in [5, 5.41) is 2.55.